The predicted molar refractivity (Wildman–Crippen MR) is 91.3 cm³/mol. The number of piperidine rings is 1. The van der Waals surface area contributed by atoms with Crippen LogP contribution in [0.2, 0.25) is 5.02 Å². The van der Waals surface area contributed by atoms with Gasteiger partial charge < -0.3 is 10.6 Å². The van der Waals surface area contributed by atoms with Gasteiger partial charge in [-0.1, -0.05) is 31.5 Å². The number of amides is 2. The number of rotatable bonds is 2. The van der Waals surface area contributed by atoms with Gasteiger partial charge in [0.25, 0.3) is 0 Å². The summed E-state index contributed by atoms with van der Waals surface area (Å²) in [4.78, 5) is 37.2. The number of Topliss-reactive ketones (excluding diaryl/α,β-unsaturated/α-hetero) is 1. The molecule has 2 amide bonds. The van der Waals surface area contributed by atoms with E-state index in [1.54, 1.807) is 24.3 Å². The number of carbonyl (C=O) groups excluding carboxylic acids is 3. The van der Waals surface area contributed by atoms with E-state index in [-0.39, 0.29) is 29.4 Å². The predicted octanol–water partition coefficient (Wildman–Crippen LogP) is 2.91. The van der Waals surface area contributed by atoms with Gasteiger partial charge in [0.05, 0.1) is 11.8 Å². The Kier molecular flexibility index (Phi) is 4.22. The number of fused-ring (bicyclic) bond motifs is 1. The van der Waals surface area contributed by atoms with Crippen LogP contribution in [0.4, 0.5) is 5.69 Å². The van der Waals surface area contributed by atoms with Gasteiger partial charge in [-0.2, -0.15) is 0 Å². The number of halogens is 1. The minimum atomic E-state index is -0.690. The van der Waals surface area contributed by atoms with Crippen molar-refractivity contribution in [3.8, 4) is 0 Å². The molecule has 0 saturated carbocycles. The second-order valence-electron chi connectivity index (χ2n) is 7.06. The highest BCUT2D eigenvalue weighted by molar-refractivity contribution is 6.30. The Hall–Kier alpha value is -2.14. The lowest BCUT2D eigenvalue weighted by Gasteiger charge is -2.38. The fourth-order valence-corrected chi connectivity index (χ4v) is 3.52. The van der Waals surface area contributed by atoms with Crippen LogP contribution in [-0.4, -0.2) is 17.6 Å². The molecule has 1 heterocycles. The van der Waals surface area contributed by atoms with Crippen molar-refractivity contribution in [1.29, 1.82) is 0 Å². The number of nitrogens with one attached hydrogen (secondary N) is 2. The monoisotopic (exact) mass is 346 g/mol. The van der Waals surface area contributed by atoms with Crippen molar-refractivity contribution >= 4 is 34.9 Å². The third kappa shape index (κ3) is 3.36. The van der Waals surface area contributed by atoms with Crippen LogP contribution in [0.1, 0.15) is 26.7 Å². The highest BCUT2D eigenvalue weighted by atomic mass is 35.5. The van der Waals surface area contributed by atoms with Gasteiger partial charge in [0.15, 0.2) is 0 Å². The molecule has 0 unspecified atom stereocenters. The first-order valence-corrected chi connectivity index (χ1v) is 8.25. The fraction of sp³-hybridized carbons (Fsp3) is 0.389. The lowest BCUT2D eigenvalue weighted by atomic mass is 9.69. The second kappa shape index (κ2) is 6.06. The molecule has 2 N–H and O–H groups in total. The van der Waals surface area contributed by atoms with Crippen LogP contribution >= 0.6 is 11.6 Å². The van der Waals surface area contributed by atoms with E-state index in [1.807, 2.05) is 19.9 Å². The molecule has 24 heavy (non-hydrogen) atoms. The smallest absolute Gasteiger partial charge is 0.229 e. The van der Waals surface area contributed by atoms with Crippen LogP contribution in [0, 0.1) is 17.3 Å². The summed E-state index contributed by atoms with van der Waals surface area (Å²) in [6, 6.07) is 6.71. The molecule has 3 rings (SSSR count). The molecule has 0 aromatic heterocycles. The molecule has 1 aromatic rings. The summed E-state index contributed by atoms with van der Waals surface area (Å²) in [5.41, 5.74) is 0.832. The maximum absolute atomic E-state index is 12.7. The number of carbonyl (C=O) groups is 3. The zero-order valence-corrected chi connectivity index (χ0v) is 14.3. The zero-order valence-electron chi connectivity index (χ0n) is 13.6. The van der Waals surface area contributed by atoms with Crippen LogP contribution in [0.5, 0.6) is 0 Å². The summed E-state index contributed by atoms with van der Waals surface area (Å²) in [5.74, 6) is -1.84. The van der Waals surface area contributed by atoms with Crippen molar-refractivity contribution in [3.05, 3.63) is 41.1 Å². The lowest BCUT2D eigenvalue weighted by molar-refractivity contribution is -0.136. The average Bonchev–Trinajstić information content (AvgIpc) is 2.46. The topological polar surface area (TPSA) is 75.3 Å². The van der Waals surface area contributed by atoms with Gasteiger partial charge in [0.2, 0.25) is 11.8 Å². The first-order chi connectivity index (χ1) is 11.2. The van der Waals surface area contributed by atoms with Crippen molar-refractivity contribution in [2.24, 2.45) is 17.3 Å². The standard InChI is InChI=1S/C18H19ClN2O3/c1-18(2)8-13-16(14(22)9-18)12(7-15(23)21-13)17(24)20-11-5-3-10(19)4-6-11/h3-6,8,12,16H,7,9H2,1-2H3,(H,20,24)(H,21,23)/t12-,16-/m0/s1. The summed E-state index contributed by atoms with van der Waals surface area (Å²) in [5, 5.41) is 6.11. The van der Waals surface area contributed by atoms with Gasteiger partial charge in [-0.15, -0.1) is 0 Å². The molecular formula is C18H19ClN2O3. The number of anilines is 1. The molecule has 0 spiro atoms. The molecule has 1 aliphatic heterocycles. The summed E-state index contributed by atoms with van der Waals surface area (Å²) in [7, 11) is 0. The highest BCUT2D eigenvalue weighted by Crippen LogP contribution is 2.40. The van der Waals surface area contributed by atoms with Gasteiger partial charge in [0.1, 0.15) is 5.78 Å². The number of hydrogen-bond donors (Lipinski definition) is 2. The van der Waals surface area contributed by atoms with Crippen molar-refractivity contribution in [1.82, 2.24) is 5.32 Å². The van der Waals surface area contributed by atoms with E-state index in [0.29, 0.717) is 22.8 Å². The molecule has 1 fully saturated rings. The molecule has 5 nitrogen and oxygen atoms in total. The zero-order chi connectivity index (χ0) is 17.5. The minimum absolute atomic E-state index is 0.00578. The number of benzene rings is 1. The molecule has 1 aliphatic carbocycles. The Balaban J connectivity index is 1.86. The lowest BCUT2D eigenvalue weighted by Crippen LogP contribution is -2.49. The van der Waals surface area contributed by atoms with Crippen molar-refractivity contribution in [3.63, 3.8) is 0 Å². The molecule has 1 aromatic carbocycles. The normalized spacial score (nSPS) is 25.4. The third-order valence-corrected chi connectivity index (χ3v) is 4.65. The van der Waals surface area contributed by atoms with Gasteiger partial charge >= 0.3 is 0 Å². The summed E-state index contributed by atoms with van der Waals surface area (Å²) < 4.78 is 0. The molecular weight excluding hydrogens is 328 g/mol. The molecule has 0 radical (unpaired) electrons. The molecule has 2 atom stereocenters. The van der Waals surface area contributed by atoms with Crippen LogP contribution in [0.3, 0.4) is 0 Å². The maximum Gasteiger partial charge on any atom is 0.229 e. The van der Waals surface area contributed by atoms with E-state index < -0.39 is 11.8 Å². The second-order valence-corrected chi connectivity index (χ2v) is 7.50. The molecule has 6 heteroatoms. The van der Waals surface area contributed by atoms with Crippen molar-refractivity contribution < 1.29 is 14.4 Å². The SMILES string of the molecule is CC1(C)C=C2NC(=O)C[C@H](C(=O)Nc3ccc(Cl)cc3)[C@@H]2C(=O)C1. The van der Waals surface area contributed by atoms with E-state index in [1.165, 1.54) is 0 Å². The highest BCUT2D eigenvalue weighted by Gasteiger charge is 2.45. The Labute approximate surface area is 145 Å². The molecule has 2 aliphatic rings. The summed E-state index contributed by atoms with van der Waals surface area (Å²) >= 11 is 5.84. The summed E-state index contributed by atoms with van der Waals surface area (Å²) in [6.45, 7) is 3.88. The summed E-state index contributed by atoms with van der Waals surface area (Å²) in [6.07, 6.45) is 2.27. The Morgan fingerprint density at radius 2 is 1.92 bits per heavy atom. The van der Waals surface area contributed by atoms with Crippen molar-refractivity contribution in [2.45, 2.75) is 26.7 Å². The fourth-order valence-electron chi connectivity index (χ4n) is 3.39. The van der Waals surface area contributed by atoms with Crippen LogP contribution in [0.25, 0.3) is 0 Å². The van der Waals surface area contributed by atoms with E-state index in [0.717, 1.165) is 0 Å². The first-order valence-electron chi connectivity index (χ1n) is 7.87. The quantitative estimate of drug-likeness (QED) is 0.864. The van der Waals surface area contributed by atoms with E-state index >= 15 is 0 Å². The molecule has 126 valence electrons. The van der Waals surface area contributed by atoms with Gasteiger partial charge in [-0.3, -0.25) is 14.4 Å². The average molecular weight is 347 g/mol. The number of hydrogen-bond acceptors (Lipinski definition) is 3. The van der Waals surface area contributed by atoms with Crippen LogP contribution in [0.15, 0.2) is 36.0 Å². The molecule has 1 saturated heterocycles. The Morgan fingerprint density at radius 1 is 1.25 bits per heavy atom. The van der Waals surface area contributed by atoms with E-state index in [9.17, 15) is 14.4 Å². The Bertz CT molecular complexity index is 737. The van der Waals surface area contributed by atoms with E-state index in [2.05, 4.69) is 10.6 Å². The third-order valence-electron chi connectivity index (χ3n) is 4.40. The minimum Gasteiger partial charge on any atom is -0.329 e. The Morgan fingerprint density at radius 3 is 2.58 bits per heavy atom. The maximum atomic E-state index is 12.7. The number of ketones is 1. The van der Waals surface area contributed by atoms with Gasteiger partial charge in [-0.05, 0) is 29.7 Å². The van der Waals surface area contributed by atoms with Crippen LogP contribution in [-0.2, 0) is 14.4 Å². The van der Waals surface area contributed by atoms with E-state index in [4.69, 9.17) is 11.6 Å². The first kappa shape index (κ1) is 16.7. The molecule has 0 bridgehead atoms. The number of allylic oxidation sites excluding steroid dienone is 2. The van der Waals surface area contributed by atoms with Crippen molar-refractivity contribution in [2.75, 3.05) is 5.32 Å². The van der Waals surface area contributed by atoms with Gasteiger partial charge in [-0.25, -0.2) is 0 Å². The largest absolute Gasteiger partial charge is 0.329 e. The van der Waals surface area contributed by atoms with Crippen LogP contribution < -0.4 is 10.6 Å². The van der Waals surface area contributed by atoms with Gasteiger partial charge in [0, 0.05) is 29.2 Å².